The van der Waals surface area contributed by atoms with E-state index in [0.717, 1.165) is 21.3 Å². The largest absolute Gasteiger partial charge is 0.468 e. The molecule has 2 aromatic rings. The predicted molar refractivity (Wildman–Crippen MR) is 75.8 cm³/mol. The second-order valence-corrected chi connectivity index (χ2v) is 5.58. The molecule has 2 nitrogen and oxygen atoms in total. The summed E-state index contributed by atoms with van der Waals surface area (Å²) in [7, 11) is 0. The van der Waals surface area contributed by atoms with Gasteiger partial charge in [-0.3, -0.25) is 0 Å². The lowest BCUT2D eigenvalue weighted by Crippen LogP contribution is -2.17. The summed E-state index contributed by atoms with van der Waals surface area (Å²) in [5.74, 6) is 0.959. The van der Waals surface area contributed by atoms with Crippen molar-refractivity contribution in [1.82, 2.24) is 5.32 Å². The SMILES string of the molecule is C[C@H](NCc1ccc(Br)c(Br)c1)c1ccco1. The summed E-state index contributed by atoms with van der Waals surface area (Å²) in [5.41, 5.74) is 1.23. The molecule has 90 valence electrons. The molecule has 4 heteroatoms. The molecule has 1 heterocycles. The summed E-state index contributed by atoms with van der Waals surface area (Å²) in [6.07, 6.45) is 1.70. The first-order valence-corrected chi connectivity index (χ1v) is 6.96. The minimum Gasteiger partial charge on any atom is -0.468 e. The van der Waals surface area contributed by atoms with E-state index in [9.17, 15) is 0 Å². The monoisotopic (exact) mass is 357 g/mol. The highest BCUT2D eigenvalue weighted by Gasteiger charge is 2.07. The maximum atomic E-state index is 5.35. The van der Waals surface area contributed by atoms with Gasteiger partial charge in [0.1, 0.15) is 5.76 Å². The molecule has 0 amide bonds. The standard InChI is InChI=1S/C13H13Br2NO/c1-9(13-3-2-6-17-13)16-8-10-4-5-11(14)12(15)7-10/h2-7,9,16H,8H2,1H3/t9-/m0/s1. The molecular weight excluding hydrogens is 346 g/mol. The topological polar surface area (TPSA) is 25.2 Å². The van der Waals surface area contributed by atoms with E-state index in [-0.39, 0.29) is 6.04 Å². The van der Waals surface area contributed by atoms with E-state index in [1.807, 2.05) is 18.2 Å². The number of rotatable bonds is 4. The van der Waals surface area contributed by atoms with Crippen molar-refractivity contribution >= 4 is 31.9 Å². The summed E-state index contributed by atoms with van der Waals surface area (Å²) in [5, 5.41) is 3.42. The van der Waals surface area contributed by atoms with Crippen molar-refractivity contribution in [3.05, 3.63) is 56.9 Å². The van der Waals surface area contributed by atoms with Crippen molar-refractivity contribution in [1.29, 1.82) is 0 Å². The Kier molecular flexibility index (Phi) is 4.42. The average Bonchev–Trinajstić information content (AvgIpc) is 2.84. The lowest BCUT2D eigenvalue weighted by molar-refractivity contribution is 0.430. The van der Waals surface area contributed by atoms with Crippen LogP contribution in [0.15, 0.2) is 50.0 Å². The van der Waals surface area contributed by atoms with Crippen LogP contribution in [0, 0.1) is 0 Å². The Labute approximate surface area is 118 Å². The highest BCUT2D eigenvalue weighted by atomic mass is 79.9. The van der Waals surface area contributed by atoms with E-state index in [2.05, 4.69) is 56.2 Å². The first-order chi connectivity index (χ1) is 8.16. The van der Waals surface area contributed by atoms with E-state index in [4.69, 9.17) is 4.42 Å². The first-order valence-electron chi connectivity index (χ1n) is 5.37. The molecule has 17 heavy (non-hydrogen) atoms. The van der Waals surface area contributed by atoms with Gasteiger partial charge in [0, 0.05) is 15.5 Å². The van der Waals surface area contributed by atoms with Crippen LogP contribution in [0.1, 0.15) is 24.3 Å². The third kappa shape index (κ3) is 3.44. The van der Waals surface area contributed by atoms with Gasteiger partial charge in [0.25, 0.3) is 0 Å². The Morgan fingerprint density at radius 3 is 2.71 bits per heavy atom. The van der Waals surface area contributed by atoms with Crippen LogP contribution < -0.4 is 5.32 Å². The van der Waals surface area contributed by atoms with E-state index < -0.39 is 0 Å². The smallest absolute Gasteiger partial charge is 0.120 e. The molecule has 0 saturated carbocycles. The Balaban J connectivity index is 1.96. The zero-order valence-corrected chi connectivity index (χ0v) is 12.6. The highest BCUT2D eigenvalue weighted by molar-refractivity contribution is 9.13. The molecule has 1 aromatic heterocycles. The molecule has 0 bridgehead atoms. The van der Waals surface area contributed by atoms with Gasteiger partial charge in [-0.25, -0.2) is 0 Å². The minimum atomic E-state index is 0.215. The number of nitrogens with one attached hydrogen (secondary N) is 1. The van der Waals surface area contributed by atoms with Crippen molar-refractivity contribution in [2.45, 2.75) is 19.5 Å². The van der Waals surface area contributed by atoms with Crippen LogP contribution in [0.25, 0.3) is 0 Å². The Morgan fingerprint density at radius 2 is 2.06 bits per heavy atom. The van der Waals surface area contributed by atoms with E-state index in [1.54, 1.807) is 6.26 Å². The van der Waals surface area contributed by atoms with Gasteiger partial charge in [0.05, 0.1) is 12.3 Å². The quantitative estimate of drug-likeness (QED) is 0.860. The molecule has 0 spiro atoms. The zero-order chi connectivity index (χ0) is 12.3. The average molecular weight is 359 g/mol. The van der Waals surface area contributed by atoms with Crippen molar-refractivity contribution < 1.29 is 4.42 Å². The van der Waals surface area contributed by atoms with E-state index >= 15 is 0 Å². The molecule has 0 radical (unpaired) electrons. The van der Waals surface area contributed by atoms with Gasteiger partial charge in [-0.15, -0.1) is 0 Å². The highest BCUT2D eigenvalue weighted by Crippen LogP contribution is 2.24. The second-order valence-electron chi connectivity index (χ2n) is 3.87. The van der Waals surface area contributed by atoms with Crippen molar-refractivity contribution in [3.8, 4) is 0 Å². The summed E-state index contributed by atoms with van der Waals surface area (Å²) < 4.78 is 7.49. The van der Waals surface area contributed by atoms with Gasteiger partial charge in [0.2, 0.25) is 0 Å². The van der Waals surface area contributed by atoms with Crippen molar-refractivity contribution in [2.24, 2.45) is 0 Å². The summed E-state index contributed by atoms with van der Waals surface area (Å²) in [4.78, 5) is 0. The number of halogens is 2. The molecule has 0 fully saturated rings. The lowest BCUT2D eigenvalue weighted by Gasteiger charge is -2.11. The molecule has 1 aromatic carbocycles. The number of hydrogen-bond donors (Lipinski definition) is 1. The number of furan rings is 1. The van der Waals surface area contributed by atoms with Gasteiger partial charge in [-0.1, -0.05) is 6.07 Å². The molecule has 0 aliphatic heterocycles. The van der Waals surface area contributed by atoms with E-state index in [1.165, 1.54) is 5.56 Å². The Bertz CT molecular complexity index is 482. The summed E-state index contributed by atoms with van der Waals surface area (Å²) >= 11 is 6.96. The minimum absolute atomic E-state index is 0.215. The zero-order valence-electron chi connectivity index (χ0n) is 9.41. The van der Waals surface area contributed by atoms with Crippen molar-refractivity contribution in [3.63, 3.8) is 0 Å². The maximum Gasteiger partial charge on any atom is 0.120 e. The molecule has 1 atom stereocenters. The fourth-order valence-electron chi connectivity index (χ4n) is 1.56. The van der Waals surface area contributed by atoms with Gasteiger partial charge in [-0.2, -0.15) is 0 Å². The van der Waals surface area contributed by atoms with Gasteiger partial charge in [-0.05, 0) is 68.6 Å². The molecule has 2 rings (SSSR count). The molecule has 1 N–H and O–H groups in total. The van der Waals surface area contributed by atoms with Crippen molar-refractivity contribution in [2.75, 3.05) is 0 Å². The summed E-state index contributed by atoms with van der Waals surface area (Å²) in [6.45, 7) is 2.90. The summed E-state index contributed by atoms with van der Waals surface area (Å²) in [6, 6.07) is 10.3. The second kappa shape index (κ2) is 5.85. The molecular formula is C13H13Br2NO. The van der Waals surface area contributed by atoms with Gasteiger partial charge >= 0.3 is 0 Å². The number of hydrogen-bond acceptors (Lipinski definition) is 2. The van der Waals surface area contributed by atoms with E-state index in [0.29, 0.717) is 0 Å². The third-order valence-corrected chi connectivity index (χ3v) is 4.45. The fourth-order valence-corrected chi connectivity index (χ4v) is 2.23. The van der Waals surface area contributed by atoms with Crippen LogP contribution in [-0.4, -0.2) is 0 Å². The molecule has 0 aliphatic rings. The third-order valence-electron chi connectivity index (χ3n) is 2.57. The Hall–Kier alpha value is -0.580. The fraction of sp³-hybridized carbons (Fsp3) is 0.231. The van der Waals surface area contributed by atoms with Crippen LogP contribution in [0.4, 0.5) is 0 Å². The number of benzene rings is 1. The van der Waals surface area contributed by atoms with Crippen LogP contribution >= 0.6 is 31.9 Å². The normalized spacial score (nSPS) is 12.6. The van der Waals surface area contributed by atoms with Crippen LogP contribution in [0.3, 0.4) is 0 Å². The predicted octanol–water partition coefficient (Wildman–Crippen LogP) is 4.66. The first kappa shape index (κ1) is 12.9. The van der Waals surface area contributed by atoms with Crippen LogP contribution in [0.5, 0.6) is 0 Å². The molecule has 0 aliphatic carbocycles. The lowest BCUT2D eigenvalue weighted by atomic mass is 10.2. The van der Waals surface area contributed by atoms with Gasteiger partial charge < -0.3 is 9.73 Å². The molecule has 0 saturated heterocycles. The van der Waals surface area contributed by atoms with Crippen LogP contribution in [-0.2, 0) is 6.54 Å². The Morgan fingerprint density at radius 1 is 1.24 bits per heavy atom. The maximum absolute atomic E-state index is 5.35. The van der Waals surface area contributed by atoms with Crippen LogP contribution in [0.2, 0.25) is 0 Å². The van der Waals surface area contributed by atoms with Gasteiger partial charge in [0.15, 0.2) is 0 Å². The molecule has 0 unspecified atom stereocenters.